The molecule has 1 rings (SSSR count). The number of nitrogens with zero attached hydrogens (tertiary/aromatic N) is 3. The van der Waals surface area contributed by atoms with Crippen LogP contribution in [0.4, 0.5) is 18.9 Å². The van der Waals surface area contributed by atoms with Crippen molar-refractivity contribution < 1.29 is 13.2 Å². The van der Waals surface area contributed by atoms with E-state index >= 15 is 0 Å². The van der Waals surface area contributed by atoms with Gasteiger partial charge in [0.1, 0.15) is 17.8 Å². The Kier molecular flexibility index (Phi) is 4.07. The first kappa shape index (κ1) is 13.0. The highest BCUT2D eigenvalue weighted by Crippen LogP contribution is 2.29. The van der Waals surface area contributed by atoms with Crippen LogP contribution in [-0.2, 0) is 0 Å². The lowest BCUT2D eigenvalue weighted by Gasteiger charge is -2.06. The predicted octanol–water partition coefficient (Wildman–Crippen LogP) is 2.68. The number of hydrogen-bond acceptors (Lipinski definition) is 4. The summed E-state index contributed by atoms with van der Waals surface area (Å²) in [5.74, 6) is -4.55. The van der Waals surface area contributed by atoms with Gasteiger partial charge in [0, 0.05) is 4.47 Å². The number of nitriles is 2. The molecule has 0 aliphatic carbocycles. The Labute approximate surface area is 102 Å². The molecule has 4 nitrogen and oxygen atoms in total. The molecule has 0 fully saturated rings. The van der Waals surface area contributed by atoms with Crippen molar-refractivity contribution in [2.45, 2.75) is 0 Å². The summed E-state index contributed by atoms with van der Waals surface area (Å²) >= 11 is 2.78. The minimum atomic E-state index is -1.68. The highest BCUT2D eigenvalue weighted by atomic mass is 79.9. The summed E-state index contributed by atoms with van der Waals surface area (Å²) in [7, 11) is 0. The van der Waals surface area contributed by atoms with E-state index in [0.717, 1.165) is 0 Å². The average molecular weight is 303 g/mol. The van der Waals surface area contributed by atoms with E-state index in [2.05, 4.69) is 21.0 Å². The third kappa shape index (κ3) is 2.74. The third-order valence-corrected chi connectivity index (χ3v) is 2.23. The van der Waals surface area contributed by atoms with Gasteiger partial charge in [-0.15, -0.1) is 0 Å². The second-order valence-electron chi connectivity index (χ2n) is 2.64. The van der Waals surface area contributed by atoms with E-state index in [1.54, 1.807) is 0 Å². The van der Waals surface area contributed by atoms with Gasteiger partial charge >= 0.3 is 0 Å². The van der Waals surface area contributed by atoms with Crippen molar-refractivity contribution in [1.82, 2.24) is 0 Å². The van der Waals surface area contributed by atoms with Crippen LogP contribution in [0.25, 0.3) is 0 Å². The Morgan fingerprint density at radius 2 is 1.82 bits per heavy atom. The van der Waals surface area contributed by atoms with Gasteiger partial charge in [-0.25, -0.2) is 13.2 Å². The monoisotopic (exact) mass is 302 g/mol. The van der Waals surface area contributed by atoms with E-state index < -0.39 is 28.9 Å². The fourth-order valence-corrected chi connectivity index (χ4v) is 1.32. The van der Waals surface area contributed by atoms with Gasteiger partial charge in [-0.05, 0) is 22.0 Å². The van der Waals surface area contributed by atoms with Crippen LogP contribution in [0, 0.1) is 40.1 Å². The third-order valence-electron chi connectivity index (χ3n) is 1.61. The molecule has 0 aliphatic heterocycles. The van der Waals surface area contributed by atoms with Gasteiger partial charge in [-0.2, -0.15) is 15.6 Å². The van der Waals surface area contributed by atoms with Crippen LogP contribution in [0.15, 0.2) is 15.6 Å². The van der Waals surface area contributed by atoms with Gasteiger partial charge in [-0.3, -0.25) is 5.43 Å². The second kappa shape index (κ2) is 5.32. The maximum Gasteiger partial charge on any atom is 0.237 e. The van der Waals surface area contributed by atoms with Gasteiger partial charge in [0.15, 0.2) is 17.5 Å². The first-order chi connectivity index (χ1) is 8.01. The molecule has 0 bridgehead atoms. The van der Waals surface area contributed by atoms with Crippen molar-refractivity contribution in [2.24, 2.45) is 5.10 Å². The van der Waals surface area contributed by atoms with E-state index in [1.165, 1.54) is 12.1 Å². The lowest BCUT2D eigenvalue weighted by molar-refractivity contribution is 0.448. The lowest BCUT2D eigenvalue weighted by Crippen LogP contribution is -2.02. The summed E-state index contributed by atoms with van der Waals surface area (Å²) in [6.45, 7) is 0. The molecule has 0 spiro atoms. The first-order valence-corrected chi connectivity index (χ1v) is 4.77. The number of halogens is 4. The smallest absolute Gasteiger partial charge is 0.237 e. The van der Waals surface area contributed by atoms with Gasteiger partial charge in [0.25, 0.3) is 0 Å². The van der Waals surface area contributed by atoms with E-state index in [-0.39, 0.29) is 4.47 Å². The molecule has 17 heavy (non-hydrogen) atoms. The van der Waals surface area contributed by atoms with Gasteiger partial charge in [0.2, 0.25) is 5.71 Å². The molecule has 0 unspecified atom stereocenters. The van der Waals surface area contributed by atoms with E-state index in [1.807, 2.05) is 5.43 Å². The number of benzene rings is 1. The topological polar surface area (TPSA) is 72.0 Å². The van der Waals surface area contributed by atoms with Crippen molar-refractivity contribution in [2.75, 3.05) is 5.43 Å². The van der Waals surface area contributed by atoms with Crippen LogP contribution >= 0.6 is 15.9 Å². The predicted molar refractivity (Wildman–Crippen MR) is 56.3 cm³/mol. The Hall–Kier alpha value is -2.06. The molecule has 0 aromatic heterocycles. The van der Waals surface area contributed by atoms with Crippen LogP contribution in [0.1, 0.15) is 0 Å². The minimum Gasteiger partial charge on any atom is -0.272 e. The summed E-state index contributed by atoms with van der Waals surface area (Å²) < 4.78 is 38.7. The van der Waals surface area contributed by atoms with Crippen molar-refractivity contribution in [1.29, 1.82) is 10.5 Å². The average Bonchev–Trinajstić information content (AvgIpc) is 2.31. The molecule has 1 aromatic carbocycles. The molecule has 0 saturated heterocycles. The molecule has 8 heteroatoms. The molecule has 1 N–H and O–H groups in total. The fraction of sp³-hybridized carbons (Fsp3) is 0. The summed E-state index contributed by atoms with van der Waals surface area (Å²) in [6, 6.07) is 3.50. The number of hydrogen-bond donors (Lipinski definition) is 1. The first-order valence-electron chi connectivity index (χ1n) is 3.98. The highest BCUT2D eigenvalue weighted by Gasteiger charge is 2.17. The molecule has 86 valence electrons. The van der Waals surface area contributed by atoms with E-state index in [0.29, 0.717) is 6.07 Å². The SMILES string of the molecule is N#CC(C#N)=NNc1c(Br)cc(F)c(F)c1F. The largest absolute Gasteiger partial charge is 0.272 e. The zero-order valence-corrected chi connectivity index (χ0v) is 9.52. The van der Waals surface area contributed by atoms with Crippen LogP contribution in [0.2, 0.25) is 0 Å². The molecule has 0 radical (unpaired) electrons. The minimum absolute atomic E-state index is 0.132. The second-order valence-corrected chi connectivity index (χ2v) is 3.49. The number of rotatable bonds is 2. The molecule has 0 aliphatic rings. The summed E-state index contributed by atoms with van der Waals surface area (Å²) in [4.78, 5) is 0. The Morgan fingerprint density at radius 3 is 2.35 bits per heavy atom. The molecule has 0 saturated carbocycles. The molecule has 0 amide bonds. The van der Waals surface area contributed by atoms with Gasteiger partial charge in [-0.1, -0.05) is 0 Å². The van der Waals surface area contributed by atoms with Crippen LogP contribution in [0.5, 0.6) is 0 Å². The van der Waals surface area contributed by atoms with Crippen molar-refractivity contribution in [3.05, 3.63) is 28.0 Å². The Balaban J connectivity index is 3.18. The Morgan fingerprint density at radius 1 is 1.24 bits per heavy atom. The van der Waals surface area contributed by atoms with Crippen molar-refractivity contribution in [3.63, 3.8) is 0 Å². The highest BCUT2D eigenvalue weighted by molar-refractivity contribution is 9.10. The van der Waals surface area contributed by atoms with Gasteiger partial charge in [0.05, 0.1) is 0 Å². The summed E-state index contributed by atoms with van der Waals surface area (Å²) in [6.07, 6.45) is 0. The van der Waals surface area contributed by atoms with Gasteiger partial charge < -0.3 is 0 Å². The molecule has 1 aromatic rings. The molecule has 0 atom stereocenters. The Bertz CT molecular complexity index is 555. The molecular weight excluding hydrogens is 301 g/mol. The summed E-state index contributed by atoms with van der Waals surface area (Å²) in [5, 5.41) is 19.9. The molecular formula is C9H2BrF3N4. The normalized spacial score (nSPS) is 9.06. The number of nitrogens with one attached hydrogen (secondary N) is 1. The van der Waals surface area contributed by atoms with E-state index in [4.69, 9.17) is 10.5 Å². The number of hydrazone groups is 1. The maximum atomic E-state index is 13.2. The zero-order valence-electron chi connectivity index (χ0n) is 7.93. The standard InChI is InChI=1S/C9H2BrF3N4/c10-5-1-6(11)7(12)8(13)9(5)17-16-4(2-14)3-15/h1,17H. The van der Waals surface area contributed by atoms with Crippen LogP contribution in [-0.4, -0.2) is 5.71 Å². The van der Waals surface area contributed by atoms with Crippen LogP contribution in [0.3, 0.4) is 0 Å². The quantitative estimate of drug-likeness (QED) is 0.395. The maximum absolute atomic E-state index is 13.2. The molecule has 0 heterocycles. The van der Waals surface area contributed by atoms with Crippen LogP contribution < -0.4 is 5.43 Å². The van der Waals surface area contributed by atoms with Crippen molar-refractivity contribution >= 4 is 27.3 Å². The number of anilines is 1. The lowest BCUT2D eigenvalue weighted by atomic mass is 10.3. The zero-order chi connectivity index (χ0) is 13.0. The fourth-order valence-electron chi connectivity index (χ4n) is 0.856. The van der Waals surface area contributed by atoms with E-state index in [9.17, 15) is 13.2 Å². The summed E-state index contributed by atoms with van der Waals surface area (Å²) in [5.41, 5.74) is 0.876. The van der Waals surface area contributed by atoms with Crippen molar-refractivity contribution in [3.8, 4) is 12.1 Å².